The van der Waals surface area contributed by atoms with Gasteiger partial charge < -0.3 is 21.1 Å². The predicted molar refractivity (Wildman–Crippen MR) is 190 cm³/mol. The number of anilines is 2. The molecule has 240 valence electrons. The normalized spacial score (nSPS) is 11.7. The maximum Gasteiger partial charge on any atom is 0.335 e. The van der Waals surface area contributed by atoms with Crippen molar-refractivity contribution >= 4 is 76.1 Å². The zero-order chi connectivity index (χ0) is 34.0. The van der Waals surface area contributed by atoms with Crippen LogP contribution in [0.2, 0.25) is 10.0 Å². The van der Waals surface area contributed by atoms with Gasteiger partial charge in [0, 0.05) is 31.9 Å². The molecule has 0 aliphatic carbocycles. The van der Waals surface area contributed by atoms with E-state index in [9.17, 15) is 24.3 Å². The molecule has 5 rings (SSSR count). The molecular weight excluding hydrogens is 669 g/mol. The van der Waals surface area contributed by atoms with Gasteiger partial charge in [0.25, 0.3) is 11.8 Å². The Morgan fingerprint density at radius 2 is 1.38 bits per heavy atom. The first-order chi connectivity index (χ1) is 23.2. The van der Waals surface area contributed by atoms with Crippen LogP contribution in [0.5, 0.6) is 0 Å². The van der Waals surface area contributed by atoms with E-state index >= 15 is 0 Å². The van der Waals surface area contributed by atoms with E-state index < -0.39 is 23.0 Å². The van der Waals surface area contributed by atoms with Gasteiger partial charge in [-0.05, 0) is 83.9 Å². The first-order valence-corrected chi connectivity index (χ1v) is 16.1. The zero-order valence-corrected chi connectivity index (χ0v) is 27.4. The molecular formula is C37H27Cl2N3O5S. The molecule has 0 saturated carbocycles. The third-order valence-electron chi connectivity index (χ3n) is 6.88. The summed E-state index contributed by atoms with van der Waals surface area (Å²) in [5.74, 6) is -2.47. The highest BCUT2D eigenvalue weighted by molar-refractivity contribution is 8.00. The summed E-state index contributed by atoms with van der Waals surface area (Å²) in [6.07, 6.45) is 1.46. The Labute approximate surface area is 290 Å². The van der Waals surface area contributed by atoms with E-state index in [4.69, 9.17) is 23.2 Å². The van der Waals surface area contributed by atoms with Crippen molar-refractivity contribution in [1.29, 1.82) is 0 Å². The third-order valence-corrected chi connectivity index (χ3v) is 8.69. The van der Waals surface area contributed by atoms with Crippen LogP contribution in [0.4, 0.5) is 11.4 Å². The number of carbonyl (C=O) groups excluding carboxylic acids is 3. The number of hydrogen-bond acceptors (Lipinski definition) is 5. The lowest BCUT2D eigenvalue weighted by Crippen LogP contribution is -2.30. The molecule has 0 aliphatic heterocycles. The van der Waals surface area contributed by atoms with E-state index in [-0.39, 0.29) is 17.2 Å². The molecule has 4 N–H and O–H groups in total. The van der Waals surface area contributed by atoms with Gasteiger partial charge in [-0.25, -0.2) is 4.79 Å². The minimum absolute atomic E-state index is 0.0541. The fourth-order valence-corrected chi connectivity index (χ4v) is 6.05. The number of amides is 3. The van der Waals surface area contributed by atoms with Crippen molar-refractivity contribution in [2.45, 2.75) is 10.1 Å². The smallest absolute Gasteiger partial charge is 0.335 e. The first-order valence-electron chi connectivity index (χ1n) is 14.5. The van der Waals surface area contributed by atoms with Crippen molar-refractivity contribution in [2.75, 3.05) is 10.6 Å². The van der Waals surface area contributed by atoms with Gasteiger partial charge in [0.2, 0.25) is 5.91 Å². The van der Waals surface area contributed by atoms with Gasteiger partial charge in [-0.15, -0.1) is 11.8 Å². The summed E-state index contributed by atoms with van der Waals surface area (Å²) >= 11 is 13.7. The SMILES string of the molecule is O=C(Nc1cccc(SC(C(=O)Nc2ccc(C(=O)O)cc2)c2ccccc2)c1)/C(=C\c1ccc(Cl)cc1Cl)NC(=O)c1ccccc1. The molecule has 0 aromatic heterocycles. The maximum absolute atomic E-state index is 13.6. The van der Waals surface area contributed by atoms with Crippen molar-refractivity contribution in [2.24, 2.45) is 0 Å². The Bertz CT molecular complexity index is 1990. The second-order valence-electron chi connectivity index (χ2n) is 10.3. The highest BCUT2D eigenvalue weighted by atomic mass is 35.5. The molecule has 1 unspecified atom stereocenters. The number of thioether (sulfide) groups is 1. The quantitative estimate of drug-likeness (QED) is 0.0811. The van der Waals surface area contributed by atoms with Crippen molar-refractivity contribution in [1.82, 2.24) is 5.32 Å². The van der Waals surface area contributed by atoms with Crippen molar-refractivity contribution in [3.05, 3.63) is 165 Å². The van der Waals surface area contributed by atoms with Crippen molar-refractivity contribution < 1.29 is 24.3 Å². The summed E-state index contributed by atoms with van der Waals surface area (Å²) < 4.78 is 0. The Hall–Kier alpha value is -5.35. The molecule has 8 nitrogen and oxygen atoms in total. The molecule has 48 heavy (non-hydrogen) atoms. The Balaban J connectivity index is 1.38. The fraction of sp³-hybridized carbons (Fsp3) is 0.0270. The number of halogens is 2. The third kappa shape index (κ3) is 9.13. The topological polar surface area (TPSA) is 125 Å². The van der Waals surface area contributed by atoms with Crippen LogP contribution in [0.3, 0.4) is 0 Å². The van der Waals surface area contributed by atoms with Gasteiger partial charge >= 0.3 is 5.97 Å². The second kappa shape index (κ2) is 16.0. The largest absolute Gasteiger partial charge is 0.478 e. The zero-order valence-electron chi connectivity index (χ0n) is 25.0. The molecule has 0 bridgehead atoms. The van der Waals surface area contributed by atoms with Crippen LogP contribution in [0.25, 0.3) is 6.08 Å². The highest BCUT2D eigenvalue weighted by Gasteiger charge is 2.23. The Kier molecular flexibility index (Phi) is 11.3. The number of nitrogens with one attached hydrogen (secondary N) is 3. The minimum atomic E-state index is -1.06. The predicted octanol–water partition coefficient (Wildman–Crippen LogP) is 8.57. The van der Waals surface area contributed by atoms with Crippen LogP contribution in [0.15, 0.2) is 138 Å². The summed E-state index contributed by atoms with van der Waals surface area (Å²) in [4.78, 5) is 52.1. The van der Waals surface area contributed by atoms with Gasteiger partial charge in [0.05, 0.1) is 5.56 Å². The number of carboxylic acid groups (broad SMARTS) is 1. The molecule has 0 fully saturated rings. The maximum atomic E-state index is 13.6. The summed E-state index contributed by atoms with van der Waals surface area (Å²) in [5, 5.41) is 17.6. The van der Waals surface area contributed by atoms with Gasteiger partial charge in [0.1, 0.15) is 10.9 Å². The number of benzene rings is 5. The standard InChI is InChI=1S/C37H27Cl2N3O5S/c38-27-17-14-26(31(39)21-27)20-32(42-34(43)24-10-5-2-6-11-24)35(44)41-29-12-7-13-30(22-29)48-33(23-8-3-1-4-9-23)36(45)40-28-18-15-25(16-19-28)37(46)47/h1-22,33H,(H,40,45)(H,41,44)(H,42,43)(H,46,47)/b32-20+. The van der Waals surface area contributed by atoms with Crippen LogP contribution in [0, 0.1) is 0 Å². The van der Waals surface area contributed by atoms with Gasteiger partial charge in [-0.1, -0.05) is 83.9 Å². The molecule has 11 heteroatoms. The van der Waals surface area contributed by atoms with E-state index in [1.165, 1.54) is 48.2 Å². The summed E-state index contributed by atoms with van der Waals surface area (Å²) in [5.41, 5.74) is 2.49. The number of carboxylic acids is 1. The lowest BCUT2D eigenvalue weighted by molar-refractivity contribution is -0.116. The van der Waals surface area contributed by atoms with Crippen LogP contribution in [-0.2, 0) is 9.59 Å². The van der Waals surface area contributed by atoms with E-state index in [0.717, 1.165) is 5.56 Å². The number of rotatable bonds is 11. The Morgan fingerprint density at radius 1 is 0.688 bits per heavy atom. The molecule has 3 amide bonds. The molecule has 0 radical (unpaired) electrons. The highest BCUT2D eigenvalue weighted by Crippen LogP contribution is 2.37. The van der Waals surface area contributed by atoms with Gasteiger partial charge in [0.15, 0.2) is 0 Å². The lowest BCUT2D eigenvalue weighted by Gasteiger charge is -2.18. The van der Waals surface area contributed by atoms with Gasteiger partial charge in [-0.3, -0.25) is 14.4 Å². The fourth-order valence-electron chi connectivity index (χ4n) is 4.50. The average molecular weight is 697 g/mol. The molecule has 0 spiro atoms. The van der Waals surface area contributed by atoms with E-state index in [1.54, 1.807) is 60.7 Å². The molecule has 0 heterocycles. The summed E-state index contributed by atoms with van der Waals surface area (Å²) in [6.45, 7) is 0. The van der Waals surface area contributed by atoms with Crippen molar-refractivity contribution in [3.63, 3.8) is 0 Å². The van der Waals surface area contributed by atoms with Gasteiger partial charge in [-0.2, -0.15) is 0 Å². The number of carbonyl (C=O) groups is 4. The van der Waals surface area contributed by atoms with Crippen LogP contribution < -0.4 is 16.0 Å². The van der Waals surface area contributed by atoms with Crippen LogP contribution in [-0.4, -0.2) is 28.8 Å². The van der Waals surface area contributed by atoms with Crippen LogP contribution in [0.1, 0.15) is 37.1 Å². The summed E-state index contributed by atoms with van der Waals surface area (Å²) in [7, 11) is 0. The van der Waals surface area contributed by atoms with Crippen molar-refractivity contribution in [3.8, 4) is 0 Å². The number of hydrogen-bond donors (Lipinski definition) is 4. The summed E-state index contributed by atoms with van der Waals surface area (Å²) in [6, 6.07) is 35.3. The van der Waals surface area contributed by atoms with E-state index in [0.29, 0.717) is 37.4 Å². The molecule has 0 aliphatic rings. The second-order valence-corrected chi connectivity index (χ2v) is 12.3. The van der Waals surface area contributed by atoms with E-state index in [1.807, 2.05) is 36.4 Å². The minimum Gasteiger partial charge on any atom is -0.478 e. The van der Waals surface area contributed by atoms with Crippen LogP contribution >= 0.6 is 35.0 Å². The number of aromatic carboxylic acids is 1. The lowest BCUT2D eigenvalue weighted by atomic mass is 10.1. The molecule has 5 aromatic carbocycles. The molecule has 0 saturated heterocycles. The first kappa shape index (κ1) is 34.0. The molecule has 1 atom stereocenters. The molecule has 5 aromatic rings. The monoisotopic (exact) mass is 695 g/mol. The Morgan fingerprint density at radius 3 is 2.04 bits per heavy atom. The van der Waals surface area contributed by atoms with E-state index in [2.05, 4.69) is 16.0 Å². The average Bonchev–Trinajstić information content (AvgIpc) is 3.09.